The lowest BCUT2D eigenvalue weighted by Gasteiger charge is -2.42. The van der Waals surface area contributed by atoms with E-state index in [1.54, 1.807) is 6.20 Å². The molecule has 36 heavy (non-hydrogen) atoms. The van der Waals surface area contributed by atoms with E-state index in [0.29, 0.717) is 16.9 Å². The van der Waals surface area contributed by atoms with Crippen molar-refractivity contribution in [2.45, 2.75) is 70.9 Å². The molecule has 1 aromatic heterocycles. The van der Waals surface area contributed by atoms with E-state index in [2.05, 4.69) is 23.1 Å². The molecule has 7 heteroatoms. The Morgan fingerprint density at radius 3 is 2.19 bits per heavy atom. The van der Waals surface area contributed by atoms with Crippen molar-refractivity contribution in [3.8, 4) is 0 Å². The normalized spacial score (nSPS) is 22.0. The van der Waals surface area contributed by atoms with Crippen LogP contribution in [0.3, 0.4) is 0 Å². The van der Waals surface area contributed by atoms with Gasteiger partial charge in [-0.1, -0.05) is 29.3 Å². The summed E-state index contributed by atoms with van der Waals surface area (Å²) in [4.78, 5) is 21.8. The Morgan fingerprint density at radius 1 is 0.917 bits per heavy atom. The van der Waals surface area contributed by atoms with Crippen molar-refractivity contribution in [1.29, 1.82) is 0 Å². The van der Waals surface area contributed by atoms with E-state index in [-0.39, 0.29) is 12.1 Å². The summed E-state index contributed by atoms with van der Waals surface area (Å²) >= 11 is 12.7. The van der Waals surface area contributed by atoms with E-state index in [1.807, 2.05) is 31.7 Å². The fourth-order valence-corrected chi connectivity index (χ4v) is 6.69. The van der Waals surface area contributed by atoms with Gasteiger partial charge in [0, 0.05) is 24.3 Å². The first-order valence-corrected chi connectivity index (χ1v) is 14.1. The van der Waals surface area contributed by atoms with E-state index < -0.39 is 5.60 Å². The first kappa shape index (κ1) is 25.8. The van der Waals surface area contributed by atoms with Gasteiger partial charge in [-0.15, -0.1) is 0 Å². The molecule has 5 rings (SSSR count). The van der Waals surface area contributed by atoms with E-state index in [4.69, 9.17) is 32.9 Å². The summed E-state index contributed by atoms with van der Waals surface area (Å²) in [5.74, 6) is 1.38. The second kappa shape index (κ2) is 10.5. The van der Waals surface area contributed by atoms with Crippen LogP contribution >= 0.6 is 23.2 Å². The lowest BCUT2D eigenvalue weighted by Crippen LogP contribution is -2.45. The highest BCUT2D eigenvalue weighted by Crippen LogP contribution is 2.41. The van der Waals surface area contributed by atoms with Gasteiger partial charge in [-0.05, 0) is 119 Å². The number of hydrogen-bond donors (Lipinski definition) is 0. The number of benzene rings is 1. The SMILES string of the molecule is CC(C)(C)OC(=O)N1CCC(C2CCN(C3c4ccc(Cl)cc4CCc4cc(Cl)cnc43)CC2)CC1. The number of ether oxygens (including phenoxy) is 1. The number of likely N-dealkylation sites (tertiary alicyclic amines) is 2. The van der Waals surface area contributed by atoms with Gasteiger partial charge >= 0.3 is 6.09 Å². The maximum absolute atomic E-state index is 12.5. The molecule has 1 aliphatic carbocycles. The van der Waals surface area contributed by atoms with E-state index in [9.17, 15) is 4.79 Å². The minimum absolute atomic E-state index is 0.141. The highest BCUT2D eigenvalue weighted by atomic mass is 35.5. The molecular formula is C29H37Cl2N3O2. The Labute approximate surface area is 225 Å². The molecule has 0 radical (unpaired) electrons. The lowest BCUT2D eigenvalue weighted by molar-refractivity contribution is 0.0129. The second-order valence-corrected chi connectivity index (χ2v) is 12.5. The molecule has 0 saturated carbocycles. The van der Waals surface area contributed by atoms with Gasteiger partial charge in [-0.3, -0.25) is 9.88 Å². The molecule has 194 valence electrons. The number of aromatic nitrogens is 1. The van der Waals surface area contributed by atoms with E-state index in [1.165, 1.54) is 29.5 Å². The van der Waals surface area contributed by atoms with Crippen LogP contribution in [-0.4, -0.2) is 52.7 Å². The van der Waals surface area contributed by atoms with Gasteiger partial charge in [-0.2, -0.15) is 0 Å². The molecule has 0 spiro atoms. The van der Waals surface area contributed by atoms with Crippen LogP contribution in [0.4, 0.5) is 4.79 Å². The number of amides is 1. The second-order valence-electron chi connectivity index (χ2n) is 11.6. The summed E-state index contributed by atoms with van der Waals surface area (Å²) in [5, 5.41) is 1.49. The van der Waals surface area contributed by atoms with Crippen LogP contribution in [0, 0.1) is 11.8 Å². The third-order valence-corrected chi connectivity index (χ3v) is 8.53. The Bertz CT molecular complexity index is 1050. The van der Waals surface area contributed by atoms with Gasteiger partial charge in [0.05, 0.1) is 16.8 Å². The van der Waals surface area contributed by atoms with Crippen LogP contribution in [0.2, 0.25) is 10.0 Å². The average molecular weight is 531 g/mol. The molecule has 1 unspecified atom stereocenters. The maximum Gasteiger partial charge on any atom is 0.410 e. The summed E-state index contributed by atoms with van der Waals surface area (Å²) < 4.78 is 5.58. The third-order valence-electron chi connectivity index (χ3n) is 8.09. The smallest absolute Gasteiger partial charge is 0.410 e. The van der Waals surface area contributed by atoms with Crippen LogP contribution in [0.5, 0.6) is 0 Å². The van der Waals surface area contributed by atoms with Gasteiger partial charge < -0.3 is 9.64 Å². The van der Waals surface area contributed by atoms with Crippen molar-refractivity contribution in [3.05, 3.63) is 62.9 Å². The summed E-state index contributed by atoms with van der Waals surface area (Å²) in [6, 6.07) is 8.58. The Morgan fingerprint density at radius 2 is 1.53 bits per heavy atom. The zero-order valence-corrected chi connectivity index (χ0v) is 23.1. The quantitative estimate of drug-likeness (QED) is 0.422. The molecule has 2 aromatic rings. The number of carbonyl (C=O) groups is 1. The number of aryl methyl sites for hydroxylation is 2. The Kier molecular flexibility index (Phi) is 7.54. The molecule has 3 heterocycles. The van der Waals surface area contributed by atoms with Crippen LogP contribution in [0.1, 0.15) is 74.9 Å². The lowest BCUT2D eigenvalue weighted by atomic mass is 9.78. The first-order chi connectivity index (χ1) is 17.2. The average Bonchev–Trinajstić information content (AvgIpc) is 2.99. The largest absolute Gasteiger partial charge is 0.444 e. The Balaban J connectivity index is 1.26. The van der Waals surface area contributed by atoms with Crippen LogP contribution in [-0.2, 0) is 17.6 Å². The summed E-state index contributed by atoms with van der Waals surface area (Å²) in [6.45, 7) is 9.48. The molecule has 5 nitrogen and oxygen atoms in total. The van der Waals surface area contributed by atoms with Crippen molar-refractivity contribution >= 4 is 29.3 Å². The van der Waals surface area contributed by atoms with Crippen molar-refractivity contribution in [1.82, 2.24) is 14.8 Å². The first-order valence-electron chi connectivity index (χ1n) is 13.3. The topological polar surface area (TPSA) is 45.7 Å². The predicted molar refractivity (Wildman–Crippen MR) is 145 cm³/mol. The van der Waals surface area contributed by atoms with Crippen molar-refractivity contribution in [3.63, 3.8) is 0 Å². The van der Waals surface area contributed by atoms with Crippen molar-refractivity contribution in [2.75, 3.05) is 26.2 Å². The molecule has 2 saturated heterocycles. The fourth-order valence-electron chi connectivity index (χ4n) is 6.31. The molecule has 1 aromatic carbocycles. The number of hydrogen-bond acceptors (Lipinski definition) is 4. The number of fused-ring (bicyclic) bond motifs is 2. The predicted octanol–water partition coefficient (Wildman–Crippen LogP) is 6.94. The summed E-state index contributed by atoms with van der Waals surface area (Å²) in [7, 11) is 0. The van der Waals surface area contributed by atoms with Gasteiger partial charge in [0.2, 0.25) is 0 Å². The van der Waals surface area contributed by atoms with Crippen molar-refractivity contribution < 1.29 is 9.53 Å². The molecule has 0 N–H and O–H groups in total. The van der Waals surface area contributed by atoms with E-state index >= 15 is 0 Å². The molecule has 0 bridgehead atoms. The minimum Gasteiger partial charge on any atom is -0.444 e. The number of halogens is 2. The van der Waals surface area contributed by atoms with Crippen molar-refractivity contribution in [2.24, 2.45) is 11.8 Å². The molecule has 2 aliphatic heterocycles. The number of rotatable bonds is 2. The Hall–Kier alpha value is -1.82. The van der Waals surface area contributed by atoms with Gasteiger partial charge in [-0.25, -0.2) is 4.79 Å². The van der Waals surface area contributed by atoms with Gasteiger partial charge in [0.25, 0.3) is 0 Å². The zero-order chi connectivity index (χ0) is 25.4. The number of pyridine rings is 1. The molecule has 1 amide bonds. The monoisotopic (exact) mass is 529 g/mol. The standard InChI is InChI=1S/C29H37Cl2N3O2/c1-29(2,3)36-28(35)34-14-10-20(11-15-34)19-8-12-33(13-9-19)27-25-7-6-23(30)16-21(25)4-5-22-17-24(31)18-32-26(22)27/h6-7,16-20,27H,4-5,8-15H2,1-3H3. The van der Waals surface area contributed by atoms with Gasteiger partial charge in [0.1, 0.15) is 5.60 Å². The molecule has 3 aliphatic rings. The molecular weight excluding hydrogens is 493 g/mol. The highest BCUT2D eigenvalue weighted by Gasteiger charge is 2.36. The number of piperidine rings is 2. The van der Waals surface area contributed by atoms with Gasteiger partial charge in [0.15, 0.2) is 0 Å². The zero-order valence-electron chi connectivity index (χ0n) is 21.6. The molecule has 1 atom stereocenters. The van der Waals surface area contributed by atoms with Crippen LogP contribution < -0.4 is 0 Å². The number of nitrogens with zero attached hydrogens (tertiary/aromatic N) is 3. The number of carbonyl (C=O) groups excluding carboxylic acids is 1. The third kappa shape index (κ3) is 5.69. The minimum atomic E-state index is -0.443. The molecule has 2 fully saturated rings. The summed E-state index contributed by atoms with van der Waals surface area (Å²) in [6.07, 6.45) is 8.00. The van der Waals surface area contributed by atoms with E-state index in [0.717, 1.165) is 62.6 Å². The highest BCUT2D eigenvalue weighted by molar-refractivity contribution is 6.30. The maximum atomic E-state index is 12.5. The van der Waals surface area contributed by atoms with Crippen LogP contribution in [0.15, 0.2) is 30.5 Å². The fraction of sp³-hybridized carbons (Fsp3) is 0.586. The van der Waals surface area contributed by atoms with Crippen LogP contribution in [0.25, 0.3) is 0 Å². The summed E-state index contributed by atoms with van der Waals surface area (Å²) in [5.41, 5.74) is 4.60.